The molecule has 1 fully saturated rings. The number of furan rings is 1. The van der Waals surface area contributed by atoms with Crippen molar-refractivity contribution in [2.45, 2.75) is 38.8 Å². The van der Waals surface area contributed by atoms with Crippen LogP contribution in [0.1, 0.15) is 42.5 Å². The molecule has 2 rings (SSSR count). The largest absolute Gasteiger partial charge is 0.475 e. The molecule has 5 heteroatoms. The molecule has 1 aromatic heterocycles. The Morgan fingerprint density at radius 1 is 1.47 bits per heavy atom. The second-order valence-corrected chi connectivity index (χ2v) is 5.02. The Morgan fingerprint density at radius 2 is 2.21 bits per heavy atom. The summed E-state index contributed by atoms with van der Waals surface area (Å²) < 4.78 is 5.36. The summed E-state index contributed by atoms with van der Waals surface area (Å²) in [6, 6.07) is 3.87. The number of hydrogen-bond acceptors (Lipinski definition) is 4. The molecular weight excluding hydrogens is 244 g/mol. The maximum absolute atomic E-state index is 10.8. The van der Waals surface area contributed by atoms with Crippen LogP contribution in [0.3, 0.4) is 0 Å². The van der Waals surface area contributed by atoms with Gasteiger partial charge in [0.15, 0.2) is 0 Å². The monoisotopic (exact) mass is 266 g/mol. The van der Waals surface area contributed by atoms with Gasteiger partial charge in [-0.25, -0.2) is 4.79 Å². The summed E-state index contributed by atoms with van der Waals surface area (Å²) in [6.07, 6.45) is 3.38. The molecule has 0 atom stereocenters. The smallest absolute Gasteiger partial charge is 0.371 e. The highest BCUT2D eigenvalue weighted by Gasteiger charge is 2.21. The number of nitrogens with one attached hydrogen (secondary N) is 1. The molecule has 1 aromatic rings. The maximum Gasteiger partial charge on any atom is 0.371 e. The van der Waals surface area contributed by atoms with Crippen molar-refractivity contribution in [2.75, 3.05) is 19.6 Å². The topological polar surface area (TPSA) is 65.7 Å². The lowest BCUT2D eigenvalue weighted by atomic mass is 10.0. The van der Waals surface area contributed by atoms with Gasteiger partial charge in [-0.2, -0.15) is 0 Å². The zero-order valence-corrected chi connectivity index (χ0v) is 11.4. The van der Waals surface area contributed by atoms with Crippen LogP contribution in [0.5, 0.6) is 0 Å². The average molecular weight is 266 g/mol. The molecule has 1 saturated heterocycles. The van der Waals surface area contributed by atoms with Crippen molar-refractivity contribution in [3.05, 3.63) is 23.7 Å². The first-order chi connectivity index (χ1) is 9.20. The molecule has 0 saturated carbocycles. The van der Waals surface area contributed by atoms with Gasteiger partial charge in [0.25, 0.3) is 0 Å². The van der Waals surface area contributed by atoms with Crippen LogP contribution in [-0.4, -0.2) is 41.7 Å². The molecule has 0 aliphatic carbocycles. The summed E-state index contributed by atoms with van der Waals surface area (Å²) in [6.45, 7) is 6.01. The van der Waals surface area contributed by atoms with Crippen LogP contribution in [0, 0.1) is 0 Å². The SMILES string of the molecule is CCCN(Cc1ccc(C(=O)O)o1)C1CCNCC1. The van der Waals surface area contributed by atoms with E-state index >= 15 is 0 Å². The van der Waals surface area contributed by atoms with E-state index in [4.69, 9.17) is 9.52 Å². The number of hydrogen-bond donors (Lipinski definition) is 2. The lowest BCUT2D eigenvalue weighted by molar-refractivity contribution is 0.0656. The maximum atomic E-state index is 10.8. The fourth-order valence-corrected chi connectivity index (χ4v) is 2.63. The Balaban J connectivity index is 2.00. The van der Waals surface area contributed by atoms with Gasteiger partial charge < -0.3 is 14.8 Å². The lowest BCUT2D eigenvalue weighted by Crippen LogP contribution is -2.43. The van der Waals surface area contributed by atoms with Crippen LogP contribution < -0.4 is 5.32 Å². The van der Waals surface area contributed by atoms with Crippen molar-refractivity contribution >= 4 is 5.97 Å². The Hall–Kier alpha value is -1.33. The van der Waals surface area contributed by atoms with E-state index in [-0.39, 0.29) is 5.76 Å². The molecule has 5 nitrogen and oxygen atoms in total. The summed E-state index contributed by atoms with van der Waals surface area (Å²) in [5.74, 6) is -0.240. The van der Waals surface area contributed by atoms with Gasteiger partial charge >= 0.3 is 5.97 Å². The Morgan fingerprint density at radius 3 is 2.79 bits per heavy atom. The molecule has 0 radical (unpaired) electrons. The van der Waals surface area contributed by atoms with E-state index < -0.39 is 5.97 Å². The van der Waals surface area contributed by atoms with Gasteiger partial charge in [0.05, 0.1) is 6.54 Å². The number of piperidine rings is 1. The highest BCUT2D eigenvalue weighted by molar-refractivity contribution is 5.84. The highest BCUT2D eigenvalue weighted by atomic mass is 16.4. The second-order valence-electron chi connectivity index (χ2n) is 5.02. The number of carboxylic acids is 1. The first-order valence-electron chi connectivity index (χ1n) is 6.97. The third kappa shape index (κ3) is 3.81. The number of nitrogens with zero attached hydrogens (tertiary/aromatic N) is 1. The van der Waals surface area contributed by atoms with Crippen molar-refractivity contribution in [1.82, 2.24) is 10.2 Å². The highest BCUT2D eigenvalue weighted by Crippen LogP contribution is 2.17. The van der Waals surface area contributed by atoms with Crippen LogP contribution in [0.15, 0.2) is 16.5 Å². The van der Waals surface area contributed by atoms with Crippen molar-refractivity contribution < 1.29 is 14.3 Å². The fourth-order valence-electron chi connectivity index (χ4n) is 2.63. The molecule has 0 aromatic carbocycles. The average Bonchev–Trinajstić information content (AvgIpc) is 2.88. The lowest BCUT2D eigenvalue weighted by Gasteiger charge is -2.33. The first kappa shape index (κ1) is 14.1. The van der Waals surface area contributed by atoms with Crippen LogP contribution in [0.4, 0.5) is 0 Å². The van der Waals surface area contributed by atoms with E-state index in [9.17, 15) is 4.79 Å². The minimum absolute atomic E-state index is 0.0248. The summed E-state index contributed by atoms with van der Waals surface area (Å²) in [5.41, 5.74) is 0. The molecule has 0 unspecified atom stereocenters. The van der Waals surface area contributed by atoms with E-state index in [1.54, 1.807) is 6.07 Å². The van der Waals surface area contributed by atoms with E-state index in [2.05, 4.69) is 17.1 Å². The molecule has 0 bridgehead atoms. The minimum atomic E-state index is -1.00. The van der Waals surface area contributed by atoms with E-state index in [0.717, 1.165) is 44.7 Å². The van der Waals surface area contributed by atoms with Crippen molar-refractivity contribution in [1.29, 1.82) is 0 Å². The van der Waals surface area contributed by atoms with Gasteiger partial charge in [0, 0.05) is 6.04 Å². The molecular formula is C14H22N2O3. The molecule has 1 aliphatic heterocycles. The van der Waals surface area contributed by atoms with Gasteiger partial charge in [0.1, 0.15) is 5.76 Å². The van der Waals surface area contributed by atoms with Gasteiger partial charge in [-0.3, -0.25) is 4.90 Å². The normalized spacial score (nSPS) is 16.9. The molecule has 106 valence electrons. The van der Waals surface area contributed by atoms with Gasteiger partial charge in [-0.05, 0) is 51.0 Å². The van der Waals surface area contributed by atoms with Crippen LogP contribution >= 0.6 is 0 Å². The third-order valence-corrected chi connectivity index (χ3v) is 3.57. The van der Waals surface area contributed by atoms with E-state index in [0.29, 0.717) is 12.6 Å². The van der Waals surface area contributed by atoms with Gasteiger partial charge in [0.2, 0.25) is 5.76 Å². The predicted octanol–water partition coefficient (Wildman–Crippen LogP) is 1.94. The Kier molecular flexibility index (Phi) is 4.99. The Bertz CT molecular complexity index is 411. The van der Waals surface area contributed by atoms with Crippen molar-refractivity contribution in [3.8, 4) is 0 Å². The van der Waals surface area contributed by atoms with E-state index in [1.807, 2.05) is 0 Å². The molecule has 1 aliphatic rings. The third-order valence-electron chi connectivity index (χ3n) is 3.57. The van der Waals surface area contributed by atoms with Crippen molar-refractivity contribution in [3.63, 3.8) is 0 Å². The summed E-state index contributed by atoms with van der Waals surface area (Å²) >= 11 is 0. The van der Waals surface area contributed by atoms with Crippen LogP contribution in [0.2, 0.25) is 0 Å². The predicted molar refractivity (Wildman–Crippen MR) is 72.3 cm³/mol. The second kappa shape index (κ2) is 6.73. The quantitative estimate of drug-likeness (QED) is 0.823. The summed E-state index contributed by atoms with van der Waals surface area (Å²) in [5, 5.41) is 12.2. The van der Waals surface area contributed by atoms with E-state index in [1.165, 1.54) is 6.07 Å². The standard InChI is InChI=1S/C14H22N2O3/c1-2-9-16(11-5-7-15-8-6-11)10-12-3-4-13(19-12)14(17)18/h3-4,11,15H,2,5-10H2,1H3,(H,17,18). The first-order valence-corrected chi connectivity index (χ1v) is 6.97. The summed E-state index contributed by atoms with van der Waals surface area (Å²) in [7, 11) is 0. The molecule has 0 amide bonds. The molecule has 0 spiro atoms. The van der Waals surface area contributed by atoms with Gasteiger partial charge in [-0.15, -0.1) is 0 Å². The van der Waals surface area contributed by atoms with Crippen LogP contribution in [0.25, 0.3) is 0 Å². The fraction of sp³-hybridized carbons (Fsp3) is 0.643. The zero-order chi connectivity index (χ0) is 13.7. The number of carbonyl (C=O) groups is 1. The molecule has 19 heavy (non-hydrogen) atoms. The Labute approximate surface area is 113 Å². The molecule has 2 N–H and O–H groups in total. The summed E-state index contributed by atoms with van der Waals surface area (Å²) in [4.78, 5) is 13.2. The minimum Gasteiger partial charge on any atom is -0.475 e. The molecule has 2 heterocycles. The van der Waals surface area contributed by atoms with Crippen LogP contribution in [-0.2, 0) is 6.54 Å². The van der Waals surface area contributed by atoms with Gasteiger partial charge in [-0.1, -0.05) is 6.92 Å². The van der Waals surface area contributed by atoms with Crippen molar-refractivity contribution in [2.24, 2.45) is 0 Å². The number of aromatic carboxylic acids is 1. The number of carboxylic acid groups (broad SMARTS) is 1. The number of rotatable bonds is 6. The zero-order valence-electron chi connectivity index (χ0n) is 11.4.